The highest BCUT2D eigenvalue weighted by molar-refractivity contribution is 5.77. The number of hydrogen-bond donors (Lipinski definition) is 0. The molecule has 2 rings (SSSR count). The molecule has 0 aliphatic carbocycles. The number of piperidine rings is 1. The lowest BCUT2D eigenvalue weighted by molar-refractivity contribution is -0.139. The first-order valence-electron chi connectivity index (χ1n) is 6.36. The van der Waals surface area contributed by atoms with Crippen molar-refractivity contribution in [3.8, 4) is 0 Å². The Hall–Kier alpha value is -1.47. The van der Waals surface area contributed by atoms with Gasteiger partial charge in [-0.15, -0.1) is 0 Å². The van der Waals surface area contributed by atoms with E-state index >= 15 is 0 Å². The maximum absolute atomic E-state index is 11.7. The van der Waals surface area contributed by atoms with E-state index in [9.17, 15) is 4.79 Å². The van der Waals surface area contributed by atoms with Gasteiger partial charge in [-0.3, -0.25) is 4.79 Å². The number of aryl methyl sites for hydroxylation is 1. The summed E-state index contributed by atoms with van der Waals surface area (Å²) in [4.78, 5) is 17.6. The largest absolute Gasteiger partial charge is 0.375 e. The highest BCUT2D eigenvalue weighted by Crippen LogP contribution is 2.14. The van der Waals surface area contributed by atoms with Crippen molar-refractivity contribution in [2.24, 2.45) is 0 Å². The average Bonchev–Trinajstić information content (AvgIpc) is 2.83. The van der Waals surface area contributed by atoms with Gasteiger partial charge in [0, 0.05) is 27.1 Å². The quantitative estimate of drug-likeness (QED) is 0.776. The van der Waals surface area contributed by atoms with Crippen LogP contribution >= 0.6 is 0 Å². The maximum atomic E-state index is 11.7. The Morgan fingerprint density at radius 1 is 1.58 bits per heavy atom. The van der Waals surface area contributed by atoms with E-state index in [1.807, 2.05) is 0 Å². The maximum Gasteiger partial charge on any atom is 0.248 e. The van der Waals surface area contributed by atoms with Gasteiger partial charge in [0.1, 0.15) is 13.2 Å². The van der Waals surface area contributed by atoms with E-state index in [0.717, 1.165) is 19.4 Å². The smallest absolute Gasteiger partial charge is 0.248 e. The Morgan fingerprint density at radius 2 is 2.42 bits per heavy atom. The van der Waals surface area contributed by atoms with Crippen LogP contribution in [0, 0.1) is 6.92 Å². The van der Waals surface area contributed by atoms with E-state index in [4.69, 9.17) is 14.0 Å². The lowest BCUT2D eigenvalue weighted by Crippen LogP contribution is -2.44. The number of carbonyl (C=O) groups excluding carboxylic acids is 1. The molecule has 0 bridgehead atoms. The van der Waals surface area contributed by atoms with E-state index in [0.29, 0.717) is 24.9 Å². The van der Waals surface area contributed by atoms with Gasteiger partial charge in [0.25, 0.3) is 0 Å². The zero-order chi connectivity index (χ0) is 13.7. The van der Waals surface area contributed by atoms with Crippen LogP contribution < -0.4 is 0 Å². The van der Waals surface area contributed by atoms with Gasteiger partial charge < -0.3 is 18.9 Å². The highest BCUT2D eigenvalue weighted by atomic mass is 16.5. The summed E-state index contributed by atoms with van der Waals surface area (Å²) in [5.41, 5.74) is 0. The van der Waals surface area contributed by atoms with Gasteiger partial charge in [-0.1, -0.05) is 5.16 Å². The second-order valence-electron chi connectivity index (χ2n) is 4.58. The van der Waals surface area contributed by atoms with Crippen molar-refractivity contribution in [2.75, 3.05) is 26.8 Å². The molecule has 0 spiro atoms. The minimum atomic E-state index is 0.00575. The lowest BCUT2D eigenvalue weighted by atomic mass is 10.1. The first-order chi connectivity index (χ1) is 9.19. The molecule has 19 heavy (non-hydrogen) atoms. The SMILES string of the molecule is COCC(=O)N1CCCC(OCc2noc(C)n2)C1. The molecule has 1 atom stereocenters. The van der Waals surface area contributed by atoms with Gasteiger partial charge in [-0.05, 0) is 12.8 Å². The second kappa shape index (κ2) is 6.63. The Labute approximate surface area is 111 Å². The summed E-state index contributed by atoms with van der Waals surface area (Å²) in [5.74, 6) is 1.07. The first-order valence-corrected chi connectivity index (χ1v) is 6.36. The number of nitrogens with zero attached hydrogens (tertiary/aromatic N) is 3. The number of hydrogen-bond acceptors (Lipinski definition) is 6. The molecule has 1 aromatic heterocycles. The summed E-state index contributed by atoms with van der Waals surface area (Å²) in [5, 5.41) is 3.77. The van der Waals surface area contributed by atoms with Crippen LogP contribution in [0.3, 0.4) is 0 Å². The zero-order valence-corrected chi connectivity index (χ0v) is 11.3. The molecule has 1 fully saturated rings. The fourth-order valence-electron chi connectivity index (χ4n) is 2.11. The summed E-state index contributed by atoms with van der Waals surface area (Å²) in [6, 6.07) is 0. The second-order valence-corrected chi connectivity index (χ2v) is 4.58. The number of likely N-dealkylation sites (tertiary alicyclic amines) is 1. The van der Waals surface area contributed by atoms with Crippen molar-refractivity contribution in [1.29, 1.82) is 0 Å². The molecule has 7 heteroatoms. The molecule has 1 amide bonds. The molecular weight excluding hydrogens is 250 g/mol. The molecule has 1 aromatic rings. The molecule has 1 aliphatic rings. The van der Waals surface area contributed by atoms with Crippen molar-refractivity contribution in [3.63, 3.8) is 0 Å². The number of rotatable bonds is 5. The van der Waals surface area contributed by atoms with Gasteiger partial charge in [0.2, 0.25) is 11.8 Å². The molecule has 106 valence electrons. The number of amides is 1. The highest BCUT2D eigenvalue weighted by Gasteiger charge is 2.24. The monoisotopic (exact) mass is 269 g/mol. The predicted molar refractivity (Wildman–Crippen MR) is 65.3 cm³/mol. The predicted octanol–water partition coefficient (Wildman–Crippen LogP) is 0.532. The fourth-order valence-corrected chi connectivity index (χ4v) is 2.11. The molecule has 0 saturated carbocycles. The van der Waals surface area contributed by atoms with Crippen molar-refractivity contribution in [3.05, 3.63) is 11.7 Å². The van der Waals surface area contributed by atoms with E-state index in [2.05, 4.69) is 10.1 Å². The number of methoxy groups -OCH3 is 1. The first kappa shape index (κ1) is 14.0. The molecule has 1 unspecified atom stereocenters. The lowest BCUT2D eigenvalue weighted by Gasteiger charge is -2.32. The van der Waals surface area contributed by atoms with E-state index in [1.165, 1.54) is 7.11 Å². The van der Waals surface area contributed by atoms with E-state index in [1.54, 1.807) is 11.8 Å². The fraction of sp³-hybridized carbons (Fsp3) is 0.750. The van der Waals surface area contributed by atoms with Crippen LogP contribution in [0.25, 0.3) is 0 Å². The standard InChI is InChI=1S/C12H19N3O4/c1-9-13-11(14-19-9)7-18-10-4-3-5-15(6-10)12(16)8-17-2/h10H,3-8H2,1-2H3. The molecule has 1 saturated heterocycles. The zero-order valence-electron chi connectivity index (χ0n) is 11.3. The molecule has 2 heterocycles. The Morgan fingerprint density at radius 3 is 3.11 bits per heavy atom. The van der Waals surface area contributed by atoms with Crippen LogP contribution in [0.1, 0.15) is 24.6 Å². The normalized spacial score (nSPS) is 19.7. The number of aromatic nitrogens is 2. The number of ether oxygens (including phenoxy) is 2. The molecular formula is C12H19N3O4. The Kier molecular flexibility index (Phi) is 4.86. The third-order valence-corrected chi connectivity index (χ3v) is 3.02. The van der Waals surface area contributed by atoms with Gasteiger partial charge in [0.05, 0.1) is 6.10 Å². The summed E-state index contributed by atoms with van der Waals surface area (Å²) < 4.78 is 15.5. The molecule has 1 aliphatic heterocycles. The summed E-state index contributed by atoms with van der Waals surface area (Å²) in [6.45, 7) is 3.54. The molecule has 0 aromatic carbocycles. The summed E-state index contributed by atoms with van der Waals surface area (Å²) in [6.07, 6.45) is 1.90. The average molecular weight is 269 g/mol. The van der Waals surface area contributed by atoms with Crippen LogP contribution in [-0.4, -0.2) is 53.9 Å². The van der Waals surface area contributed by atoms with Crippen LogP contribution in [0.2, 0.25) is 0 Å². The van der Waals surface area contributed by atoms with Crippen molar-refractivity contribution < 1.29 is 18.8 Å². The summed E-state index contributed by atoms with van der Waals surface area (Å²) >= 11 is 0. The van der Waals surface area contributed by atoms with E-state index in [-0.39, 0.29) is 18.6 Å². The molecule has 0 N–H and O–H groups in total. The summed E-state index contributed by atoms with van der Waals surface area (Å²) in [7, 11) is 1.52. The van der Waals surface area contributed by atoms with Crippen LogP contribution in [0.5, 0.6) is 0 Å². The van der Waals surface area contributed by atoms with Crippen molar-refractivity contribution in [2.45, 2.75) is 32.5 Å². The third-order valence-electron chi connectivity index (χ3n) is 3.02. The van der Waals surface area contributed by atoms with Gasteiger partial charge in [-0.25, -0.2) is 0 Å². The van der Waals surface area contributed by atoms with Crippen molar-refractivity contribution in [1.82, 2.24) is 15.0 Å². The topological polar surface area (TPSA) is 77.7 Å². The number of carbonyl (C=O) groups is 1. The van der Waals surface area contributed by atoms with Gasteiger partial charge in [0.15, 0.2) is 5.82 Å². The van der Waals surface area contributed by atoms with Gasteiger partial charge >= 0.3 is 0 Å². The van der Waals surface area contributed by atoms with Gasteiger partial charge in [-0.2, -0.15) is 4.98 Å². The minimum Gasteiger partial charge on any atom is -0.375 e. The molecule has 7 nitrogen and oxygen atoms in total. The van der Waals surface area contributed by atoms with Crippen LogP contribution in [0.4, 0.5) is 0 Å². The van der Waals surface area contributed by atoms with Crippen molar-refractivity contribution >= 4 is 5.91 Å². The Bertz CT molecular complexity index is 421. The van der Waals surface area contributed by atoms with E-state index < -0.39 is 0 Å². The molecule has 0 radical (unpaired) electrons. The minimum absolute atomic E-state index is 0.00575. The van der Waals surface area contributed by atoms with Crippen LogP contribution in [0.15, 0.2) is 4.52 Å². The Balaban J connectivity index is 1.79. The van der Waals surface area contributed by atoms with Crippen LogP contribution in [-0.2, 0) is 20.9 Å². The third kappa shape index (κ3) is 4.00.